The number of ether oxygens (including phenoxy) is 2. The number of aliphatic hydroxyl groups is 1. The van der Waals surface area contributed by atoms with Gasteiger partial charge in [0.15, 0.2) is 12.2 Å². The monoisotopic (exact) mass is 545 g/mol. The number of hydrogen-bond acceptors (Lipinski definition) is 8. The van der Waals surface area contributed by atoms with E-state index in [0.29, 0.717) is 45.1 Å². The summed E-state index contributed by atoms with van der Waals surface area (Å²) in [6.07, 6.45) is 2.81. The van der Waals surface area contributed by atoms with Crippen molar-refractivity contribution in [3.63, 3.8) is 0 Å². The highest BCUT2D eigenvalue weighted by Gasteiger charge is 2.45. The van der Waals surface area contributed by atoms with Crippen LogP contribution in [0.1, 0.15) is 48.3 Å². The zero-order valence-electron chi connectivity index (χ0n) is 22.2. The molecule has 5 rings (SSSR count). The van der Waals surface area contributed by atoms with Gasteiger partial charge < -0.3 is 24.7 Å². The normalized spacial score (nSPS) is 17.5. The number of rotatable bonds is 9. The van der Waals surface area contributed by atoms with Gasteiger partial charge in [-0.3, -0.25) is 9.59 Å². The Bertz CT molecular complexity index is 1580. The summed E-state index contributed by atoms with van der Waals surface area (Å²) in [6.45, 7) is 3.21. The van der Waals surface area contributed by atoms with E-state index < -0.39 is 22.7 Å². The molecule has 0 bridgehead atoms. The third-order valence-corrected chi connectivity index (χ3v) is 7.36. The molecule has 10 heteroatoms. The second-order valence-corrected chi connectivity index (χ2v) is 10.2. The number of methoxy groups -OCH3 is 1. The minimum absolute atomic E-state index is 0.00376. The van der Waals surface area contributed by atoms with Crippen molar-refractivity contribution in [1.29, 1.82) is 0 Å². The van der Waals surface area contributed by atoms with Gasteiger partial charge in [-0.05, 0) is 62.7 Å². The van der Waals surface area contributed by atoms with Crippen LogP contribution in [0.4, 0.5) is 4.39 Å². The van der Waals surface area contributed by atoms with Crippen molar-refractivity contribution in [1.82, 2.24) is 9.97 Å². The van der Waals surface area contributed by atoms with Gasteiger partial charge in [0.1, 0.15) is 52.6 Å². The van der Waals surface area contributed by atoms with E-state index in [0.717, 1.165) is 0 Å². The van der Waals surface area contributed by atoms with Crippen LogP contribution in [-0.2, 0) is 15.8 Å². The fourth-order valence-corrected chi connectivity index (χ4v) is 4.72. The molecule has 0 saturated heterocycles. The zero-order chi connectivity index (χ0) is 28.7. The minimum atomic E-state index is -1.56. The zero-order valence-corrected chi connectivity index (χ0v) is 22.2. The molecule has 206 valence electrons. The van der Waals surface area contributed by atoms with Gasteiger partial charge in [-0.2, -0.15) is 0 Å². The number of Topliss-reactive ketones (excluding diaryl/α,β-unsaturated/α-hetero) is 1. The van der Waals surface area contributed by atoms with Crippen molar-refractivity contribution < 1.29 is 33.0 Å². The van der Waals surface area contributed by atoms with Gasteiger partial charge in [-0.15, -0.1) is 0 Å². The highest BCUT2D eigenvalue weighted by molar-refractivity contribution is 5.97. The Morgan fingerprint density at radius 3 is 2.60 bits per heavy atom. The summed E-state index contributed by atoms with van der Waals surface area (Å²) in [5, 5.41) is 11.5. The lowest BCUT2D eigenvalue weighted by atomic mass is 9.81. The Morgan fingerprint density at radius 2 is 1.95 bits per heavy atom. The van der Waals surface area contributed by atoms with Crippen LogP contribution in [0.2, 0.25) is 0 Å². The molecule has 4 aromatic rings. The standard InChI is InChI=1S/C30H28FN3O6/c1-29(28(32)36)15-40-27-21(29)13-25(34-26(27)17-4-7-19(31)8-5-17)30(2,37)11-10-23(35)18-6-9-20(24(12-18)38-3)22-14-39-16-33-22/h4-9,12-14,16,37H,10-11,15H2,1-3H3,(H2,32,36)/t29-,30-/m0/s1. The first-order valence-electron chi connectivity index (χ1n) is 12.6. The molecule has 0 radical (unpaired) electrons. The van der Waals surface area contributed by atoms with Gasteiger partial charge in [-0.1, -0.05) is 6.07 Å². The molecule has 2 aromatic heterocycles. The number of primary amides is 1. The molecule has 1 aliphatic rings. The quantitative estimate of drug-likeness (QED) is 0.292. The van der Waals surface area contributed by atoms with E-state index in [2.05, 4.69) is 9.97 Å². The van der Waals surface area contributed by atoms with E-state index in [-0.39, 0.29) is 30.9 Å². The van der Waals surface area contributed by atoms with E-state index in [4.69, 9.17) is 19.6 Å². The van der Waals surface area contributed by atoms with E-state index in [1.807, 2.05) is 0 Å². The summed E-state index contributed by atoms with van der Waals surface area (Å²) in [5.41, 5.74) is 6.26. The summed E-state index contributed by atoms with van der Waals surface area (Å²) >= 11 is 0. The van der Waals surface area contributed by atoms with Crippen molar-refractivity contribution in [3.05, 3.63) is 83.8 Å². The van der Waals surface area contributed by atoms with Gasteiger partial charge in [0.2, 0.25) is 5.91 Å². The Balaban J connectivity index is 1.45. The average Bonchev–Trinajstić information content (AvgIpc) is 3.60. The number of nitrogens with two attached hydrogens (primary N) is 1. The van der Waals surface area contributed by atoms with Crippen molar-refractivity contribution >= 4 is 11.7 Å². The number of hydrogen-bond donors (Lipinski definition) is 2. The second kappa shape index (κ2) is 10.2. The van der Waals surface area contributed by atoms with Crippen LogP contribution < -0.4 is 15.2 Å². The predicted octanol–water partition coefficient (Wildman–Crippen LogP) is 4.56. The Hall–Kier alpha value is -4.57. The van der Waals surface area contributed by atoms with Crippen molar-refractivity contribution in [2.45, 2.75) is 37.7 Å². The maximum absolute atomic E-state index is 13.6. The molecule has 1 amide bonds. The SMILES string of the molecule is COc1cc(C(=O)CC[C@](C)(O)c2cc3c(c(-c4ccc(F)cc4)n2)OC[C@]3(C)C(N)=O)ccc1-c1cocn1. The molecule has 2 aromatic carbocycles. The Morgan fingerprint density at radius 1 is 1.20 bits per heavy atom. The molecule has 0 aliphatic carbocycles. The molecule has 3 heterocycles. The molecule has 40 heavy (non-hydrogen) atoms. The molecule has 0 unspecified atom stereocenters. The molecule has 3 N–H and O–H groups in total. The fourth-order valence-electron chi connectivity index (χ4n) is 4.72. The van der Waals surface area contributed by atoms with Crippen LogP contribution in [0.25, 0.3) is 22.5 Å². The molecular formula is C30H28FN3O6. The summed E-state index contributed by atoms with van der Waals surface area (Å²) in [4.78, 5) is 34.3. The van der Waals surface area contributed by atoms with Crippen molar-refractivity contribution in [3.8, 4) is 34.0 Å². The van der Waals surface area contributed by atoms with E-state index in [1.54, 1.807) is 50.2 Å². The minimum Gasteiger partial charge on any atom is -0.496 e. The summed E-state index contributed by atoms with van der Waals surface area (Å²) in [6, 6.07) is 12.3. The number of ketones is 1. The second-order valence-electron chi connectivity index (χ2n) is 10.2. The van der Waals surface area contributed by atoms with Gasteiger partial charge >= 0.3 is 0 Å². The number of amides is 1. The molecular weight excluding hydrogens is 517 g/mol. The number of oxazole rings is 1. The molecule has 1 aliphatic heterocycles. The van der Waals surface area contributed by atoms with Crippen LogP contribution in [0.5, 0.6) is 11.5 Å². The maximum atomic E-state index is 13.6. The van der Waals surface area contributed by atoms with Gasteiger partial charge in [0, 0.05) is 28.7 Å². The molecule has 0 saturated carbocycles. The molecule has 9 nitrogen and oxygen atoms in total. The number of nitrogens with zero attached hydrogens (tertiary/aromatic N) is 2. The first kappa shape index (κ1) is 27.0. The lowest BCUT2D eigenvalue weighted by molar-refractivity contribution is -0.123. The van der Waals surface area contributed by atoms with Crippen molar-refractivity contribution in [2.75, 3.05) is 13.7 Å². The van der Waals surface area contributed by atoms with E-state index in [9.17, 15) is 19.1 Å². The predicted molar refractivity (Wildman–Crippen MR) is 143 cm³/mol. The van der Waals surface area contributed by atoms with Crippen LogP contribution in [-0.4, -0.2) is 40.5 Å². The number of carbonyl (C=O) groups excluding carboxylic acids is 2. The number of benzene rings is 2. The van der Waals surface area contributed by atoms with Crippen molar-refractivity contribution in [2.24, 2.45) is 5.73 Å². The molecule has 2 atom stereocenters. The Kier molecular flexibility index (Phi) is 6.89. The fraction of sp³-hybridized carbons (Fsp3) is 0.267. The third kappa shape index (κ3) is 4.82. The highest BCUT2D eigenvalue weighted by Crippen LogP contribution is 2.46. The van der Waals surface area contributed by atoms with Gasteiger partial charge in [0.25, 0.3) is 0 Å². The third-order valence-electron chi connectivity index (χ3n) is 7.36. The summed E-state index contributed by atoms with van der Waals surface area (Å²) in [7, 11) is 1.50. The Labute approximate surface area is 229 Å². The maximum Gasteiger partial charge on any atom is 0.231 e. The smallest absolute Gasteiger partial charge is 0.231 e. The van der Waals surface area contributed by atoms with Crippen LogP contribution >= 0.6 is 0 Å². The molecule has 0 fully saturated rings. The van der Waals surface area contributed by atoms with Gasteiger partial charge in [0.05, 0.1) is 12.8 Å². The summed E-state index contributed by atoms with van der Waals surface area (Å²) < 4.78 is 30.0. The lowest BCUT2D eigenvalue weighted by Crippen LogP contribution is -2.40. The first-order valence-corrected chi connectivity index (χ1v) is 12.6. The van der Waals surface area contributed by atoms with E-state index >= 15 is 0 Å². The number of fused-ring (bicyclic) bond motifs is 1. The first-order chi connectivity index (χ1) is 19.0. The van der Waals surface area contributed by atoms with Crippen LogP contribution in [0.3, 0.4) is 0 Å². The van der Waals surface area contributed by atoms with Crippen LogP contribution in [0.15, 0.2) is 65.6 Å². The largest absolute Gasteiger partial charge is 0.496 e. The lowest BCUT2D eigenvalue weighted by Gasteiger charge is -2.26. The van der Waals surface area contributed by atoms with Crippen LogP contribution in [0, 0.1) is 5.82 Å². The topological polar surface area (TPSA) is 138 Å². The number of aromatic nitrogens is 2. The number of pyridine rings is 1. The number of carbonyl (C=O) groups is 2. The van der Waals surface area contributed by atoms with Gasteiger partial charge in [-0.25, -0.2) is 14.4 Å². The molecule has 0 spiro atoms. The van der Waals surface area contributed by atoms with E-state index in [1.165, 1.54) is 31.9 Å². The summed E-state index contributed by atoms with van der Waals surface area (Å²) in [5.74, 6) is -0.415. The number of halogens is 1. The average molecular weight is 546 g/mol. The highest BCUT2D eigenvalue weighted by atomic mass is 19.1.